The van der Waals surface area contributed by atoms with Crippen LogP contribution in [0.4, 0.5) is 5.69 Å². The highest BCUT2D eigenvalue weighted by Crippen LogP contribution is 2.19. The van der Waals surface area contributed by atoms with Crippen LogP contribution in [0, 0.1) is 0 Å². The topological polar surface area (TPSA) is 56.3 Å². The molecule has 0 radical (unpaired) electrons. The normalized spacial score (nSPS) is 16.4. The summed E-state index contributed by atoms with van der Waals surface area (Å²) in [6, 6.07) is 7.87. The van der Waals surface area contributed by atoms with Gasteiger partial charge in [0, 0.05) is 49.8 Å². The predicted octanol–water partition coefficient (Wildman–Crippen LogP) is 1.46. The Morgan fingerprint density at radius 2 is 2.05 bits per heavy atom. The number of ether oxygens (including phenoxy) is 1. The van der Waals surface area contributed by atoms with Crippen molar-refractivity contribution >= 4 is 5.69 Å². The highest BCUT2D eigenvalue weighted by atomic mass is 16.5. The Kier molecular flexibility index (Phi) is 3.99. The van der Waals surface area contributed by atoms with Crippen LogP contribution in [0.2, 0.25) is 0 Å². The molecule has 0 spiro atoms. The molecule has 0 atom stereocenters. The average Bonchev–Trinajstić information content (AvgIpc) is 2.95. The van der Waals surface area contributed by atoms with Gasteiger partial charge in [-0.25, -0.2) is 4.98 Å². The first-order chi connectivity index (χ1) is 9.83. The summed E-state index contributed by atoms with van der Waals surface area (Å²) < 4.78 is 7.55. The van der Waals surface area contributed by atoms with Crippen LogP contribution in [0.1, 0.15) is 0 Å². The van der Waals surface area contributed by atoms with Crippen LogP contribution in [-0.2, 0) is 11.3 Å². The molecule has 1 saturated heterocycles. The Bertz CT molecular complexity index is 561. The Labute approximate surface area is 119 Å². The van der Waals surface area contributed by atoms with Gasteiger partial charge in [-0.05, 0) is 12.1 Å². The Morgan fingerprint density at radius 3 is 2.85 bits per heavy atom. The van der Waals surface area contributed by atoms with Crippen LogP contribution in [0.15, 0.2) is 36.7 Å². The fourth-order valence-electron chi connectivity index (χ4n) is 2.50. The number of nitrogen functional groups attached to an aromatic ring is 1. The molecule has 1 fully saturated rings. The van der Waals surface area contributed by atoms with Gasteiger partial charge in [-0.15, -0.1) is 0 Å². The Balaban J connectivity index is 1.70. The molecule has 0 aliphatic carbocycles. The zero-order chi connectivity index (χ0) is 13.8. The van der Waals surface area contributed by atoms with Crippen LogP contribution in [0.3, 0.4) is 0 Å². The molecule has 5 heteroatoms. The molecule has 5 nitrogen and oxygen atoms in total. The van der Waals surface area contributed by atoms with Gasteiger partial charge < -0.3 is 15.0 Å². The number of rotatable bonds is 4. The van der Waals surface area contributed by atoms with E-state index in [9.17, 15) is 0 Å². The Hall–Kier alpha value is -1.85. The molecule has 20 heavy (non-hydrogen) atoms. The molecule has 2 heterocycles. The number of morpholine rings is 1. The van der Waals surface area contributed by atoms with E-state index in [1.807, 2.05) is 36.7 Å². The summed E-state index contributed by atoms with van der Waals surface area (Å²) in [5.41, 5.74) is 7.68. The van der Waals surface area contributed by atoms with Gasteiger partial charge in [0.2, 0.25) is 0 Å². The first-order valence-corrected chi connectivity index (χ1v) is 7.00. The summed E-state index contributed by atoms with van der Waals surface area (Å²) in [7, 11) is 0. The molecule has 1 aliphatic rings. The van der Waals surface area contributed by atoms with E-state index in [4.69, 9.17) is 10.5 Å². The van der Waals surface area contributed by atoms with Crippen LogP contribution in [0.25, 0.3) is 11.4 Å². The van der Waals surface area contributed by atoms with Gasteiger partial charge in [-0.2, -0.15) is 0 Å². The second-order valence-corrected chi connectivity index (χ2v) is 5.02. The lowest BCUT2D eigenvalue weighted by atomic mass is 10.2. The SMILES string of the molecule is Nc1cccc(-c2nccn2CCN2CCOCC2)c1. The van der Waals surface area contributed by atoms with Crippen molar-refractivity contribution in [2.24, 2.45) is 0 Å². The van der Waals surface area contributed by atoms with Gasteiger partial charge >= 0.3 is 0 Å². The molecule has 2 N–H and O–H groups in total. The number of anilines is 1. The van der Waals surface area contributed by atoms with Crippen LogP contribution >= 0.6 is 0 Å². The standard InChI is InChI=1S/C15H20N4O/c16-14-3-1-2-13(12-14)15-17-4-5-19(15)7-6-18-8-10-20-11-9-18/h1-5,12H,6-11,16H2. The molecular formula is C15H20N4O. The van der Waals surface area contributed by atoms with E-state index < -0.39 is 0 Å². The monoisotopic (exact) mass is 272 g/mol. The van der Waals surface area contributed by atoms with Crippen LogP contribution in [0.5, 0.6) is 0 Å². The largest absolute Gasteiger partial charge is 0.399 e. The fourth-order valence-corrected chi connectivity index (χ4v) is 2.50. The first kappa shape index (κ1) is 13.1. The summed E-state index contributed by atoms with van der Waals surface area (Å²) >= 11 is 0. The highest BCUT2D eigenvalue weighted by molar-refractivity contribution is 5.61. The second-order valence-electron chi connectivity index (χ2n) is 5.02. The summed E-state index contributed by atoms with van der Waals surface area (Å²) in [6.07, 6.45) is 3.87. The zero-order valence-corrected chi connectivity index (χ0v) is 11.5. The average molecular weight is 272 g/mol. The van der Waals surface area contributed by atoms with Gasteiger partial charge in [0.1, 0.15) is 5.82 Å². The third kappa shape index (κ3) is 3.00. The molecule has 0 unspecified atom stereocenters. The van der Waals surface area contributed by atoms with Crippen molar-refractivity contribution in [3.8, 4) is 11.4 Å². The van der Waals surface area contributed by atoms with Crippen molar-refractivity contribution in [1.82, 2.24) is 14.5 Å². The molecule has 0 bridgehead atoms. The lowest BCUT2D eigenvalue weighted by Crippen LogP contribution is -2.38. The Morgan fingerprint density at radius 1 is 1.20 bits per heavy atom. The lowest BCUT2D eigenvalue weighted by molar-refractivity contribution is 0.0364. The van der Waals surface area contributed by atoms with E-state index in [1.54, 1.807) is 0 Å². The van der Waals surface area contributed by atoms with E-state index >= 15 is 0 Å². The van der Waals surface area contributed by atoms with E-state index in [2.05, 4.69) is 14.5 Å². The molecule has 0 amide bonds. The van der Waals surface area contributed by atoms with Crippen molar-refractivity contribution in [2.75, 3.05) is 38.6 Å². The van der Waals surface area contributed by atoms with Crippen molar-refractivity contribution in [3.63, 3.8) is 0 Å². The predicted molar refractivity (Wildman–Crippen MR) is 79.3 cm³/mol. The maximum atomic E-state index is 5.85. The van der Waals surface area contributed by atoms with Crippen LogP contribution < -0.4 is 5.73 Å². The minimum absolute atomic E-state index is 0.769. The quantitative estimate of drug-likeness (QED) is 0.856. The van der Waals surface area contributed by atoms with Crippen molar-refractivity contribution in [1.29, 1.82) is 0 Å². The number of hydrogen-bond donors (Lipinski definition) is 1. The maximum absolute atomic E-state index is 5.85. The van der Waals surface area contributed by atoms with Gasteiger partial charge in [0.25, 0.3) is 0 Å². The van der Waals surface area contributed by atoms with Crippen molar-refractivity contribution < 1.29 is 4.74 Å². The summed E-state index contributed by atoms with van der Waals surface area (Å²) in [6.45, 7) is 5.67. The molecule has 1 aromatic heterocycles. The summed E-state index contributed by atoms with van der Waals surface area (Å²) in [5.74, 6) is 0.977. The molecule has 0 saturated carbocycles. The molecule has 1 aromatic carbocycles. The number of aromatic nitrogens is 2. The minimum Gasteiger partial charge on any atom is -0.399 e. The highest BCUT2D eigenvalue weighted by Gasteiger charge is 2.11. The number of hydrogen-bond acceptors (Lipinski definition) is 4. The zero-order valence-electron chi connectivity index (χ0n) is 11.5. The van der Waals surface area contributed by atoms with Crippen molar-refractivity contribution in [3.05, 3.63) is 36.7 Å². The second kappa shape index (κ2) is 6.07. The van der Waals surface area contributed by atoms with Gasteiger partial charge in [-0.3, -0.25) is 4.90 Å². The van der Waals surface area contributed by atoms with E-state index in [0.717, 1.165) is 56.5 Å². The number of nitrogens with two attached hydrogens (primary N) is 1. The van der Waals surface area contributed by atoms with E-state index in [-0.39, 0.29) is 0 Å². The smallest absolute Gasteiger partial charge is 0.139 e. The number of imidazole rings is 1. The maximum Gasteiger partial charge on any atom is 0.139 e. The first-order valence-electron chi connectivity index (χ1n) is 7.00. The van der Waals surface area contributed by atoms with Crippen LogP contribution in [-0.4, -0.2) is 47.3 Å². The number of nitrogens with zero attached hydrogens (tertiary/aromatic N) is 3. The van der Waals surface area contributed by atoms with E-state index in [1.165, 1.54) is 0 Å². The van der Waals surface area contributed by atoms with Crippen molar-refractivity contribution in [2.45, 2.75) is 6.54 Å². The van der Waals surface area contributed by atoms with Gasteiger partial charge in [0.05, 0.1) is 13.2 Å². The number of benzene rings is 1. The lowest BCUT2D eigenvalue weighted by Gasteiger charge is -2.26. The summed E-state index contributed by atoms with van der Waals surface area (Å²) in [5, 5.41) is 0. The summed E-state index contributed by atoms with van der Waals surface area (Å²) in [4.78, 5) is 6.88. The van der Waals surface area contributed by atoms with E-state index in [0.29, 0.717) is 0 Å². The third-order valence-corrected chi connectivity index (χ3v) is 3.62. The molecule has 106 valence electrons. The minimum atomic E-state index is 0.769. The molecular weight excluding hydrogens is 252 g/mol. The van der Waals surface area contributed by atoms with Gasteiger partial charge in [0.15, 0.2) is 0 Å². The van der Waals surface area contributed by atoms with Gasteiger partial charge in [-0.1, -0.05) is 12.1 Å². The molecule has 1 aliphatic heterocycles. The molecule has 3 rings (SSSR count). The molecule has 2 aromatic rings. The third-order valence-electron chi connectivity index (χ3n) is 3.62. The fraction of sp³-hybridized carbons (Fsp3) is 0.400.